The van der Waals surface area contributed by atoms with Gasteiger partial charge in [-0.25, -0.2) is 0 Å². The summed E-state index contributed by atoms with van der Waals surface area (Å²) in [7, 11) is 0. The predicted molar refractivity (Wildman–Crippen MR) is 78.6 cm³/mol. The van der Waals surface area contributed by atoms with Gasteiger partial charge in [0.1, 0.15) is 17.6 Å². The summed E-state index contributed by atoms with van der Waals surface area (Å²) in [5.41, 5.74) is 0.886. The van der Waals surface area contributed by atoms with Crippen molar-refractivity contribution in [2.45, 2.75) is 6.92 Å². The molecule has 0 saturated heterocycles. The van der Waals surface area contributed by atoms with E-state index >= 15 is 0 Å². The number of rotatable bonds is 6. The second-order valence-electron chi connectivity index (χ2n) is 4.25. The normalized spacial score (nSPS) is 9.71. The van der Waals surface area contributed by atoms with Crippen LogP contribution >= 0.6 is 0 Å². The molecule has 0 aliphatic heterocycles. The highest BCUT2D eigenvalue weighted by atomic mass is 16.5. The van der Waals surface area contributed by atoms with Gasteiger partial charge in [0.25, 0.3) is 0 Å². The van der Waals surface area contributed by atoms with E-state index in [4.69, 9.17) is 14.7 Å². The van der Waals surface area contributed by atoms with E-state index in [0.717, 1.165) is 0 Å². The van der Waals surface area contributed by atoms with E-state index in [9.17, 15) is 4.79 Å². The molecule has 0 spiro atoms. The molecule has 0 aromatic heterocycles. The van der Waals surface area contributed by atoms with E-state index in [1.165, 1.54) is 0 Å². The lowest BCUT2D eigenvalue weighted by Gasteiger charge is -2.10. The highest BCUT2D eigenvalue weighted by Crippen LogP contribution is 2.20. The molecule has 2 rings (SSSR count). The van der Waals surface area contributed by atoms with E-state index < -0.39 is 0 Å². The zero-order valence-corrected chi connectivity index (χ0v) is 11.7. The molecule has 4 heteroatoms. The smallest absolute Gasteiger partial charge is 0.203 e. The van der Waals surface area contributed by atoms with Crippen molar-refractivity contribution in [1.82, 2.24) is 0 Å². The van der Waals surface area contributed by atoms with E-state index in [2.05, 4.69) is 0 Å². The van der Waals surface area contributed by atoms with Crippen molar-refractivity contribution in [3.63, 3.8) is 0 Å². The van der Waals surface area contributed by atoms with Gasteiger partial charge in [-0.05, 0) is 31.2 Å². The molecule has 0 aliphatic carbocycles. The molecular formula is C17H15NO3. The summed E-state index contributed by atoms with van der Waals surface area (Å²) in [5.74, 6) is 0.760. The topological polar surface area (TPSA) is 59.3 Å². The molecule has 21 heavy (non-hydrogen) atoms. The van der Waals surface area contributed by atoms with Crippen molar-refractivity contribution in [2.75, 3.05) is 13.2 Å². The number of Topliss-reactive ketones (excluding diaryl/α,β-unsaturated/α-hetero) is 1. The summed E-state index contributed by atoms with van der Waals surface area (Å²) in [4.78, 5) is 12.2. The lowest BCUT2D eigenvalue weighted by Crippen LogP contribution is -2.13. The number of benzene rings is 2. The molecule has 0 unspecified atom stereocenters. The lowest BCUT2D eigenvalue weighted by atomic mass is 10.1. The Balaban J connectivity index is 2.11. The number of carbonyl (C=O) groups is 1. The van der Waals surface area contributed by atoms with Gasteiger partial charge in [-0.1, -0.05) is 24.3 Å². The molecule has 0 heterocycles. The van der Waals surface area contributed by atoms with Gasteiger partial charge >= 0.3 is 0 Å². The first-order valence-corrected chi connectivity index (χ1v) is 6.63. The Labute approximate surface area is 123 Å². The fraction of sp³-hybridized carbons (Fsp3) is 0.176. The second kappa shape index (κ2) is 7.11. The van der Waals surface area contributed by atoms with Crippen LogP contribution in [0.25, 0.3) is 0 Å². The number of ether oxygens (including phenoxy) is 2. The number of nitriles is 1. The summed E-state index contributed by atoms with van der Waals surface area (Å²) >= 11 is 0. The van der Waals surface area contributed by atoms with E-state index in [0.29, 0.717) is 29.2 Å². The number of nitrogens with zero attached hydrogens (tertiary/aromatic N) is 1. The Hall–Kier alpha value is -2.80. The Morgan fingerprint density at radius 1 is 1.05 bits per heavy atom. The maximum atomic E-state index is 12.2. The highest BCUT2D eigenvalue weighted by Gasteiger charge is 2.13. The zero-order chi connectivity index (χ0) is 15.1. The zero-order valence-electron chi connectivity index (χ0n) is 11.7. The average molecular weight is 281 g/mol. The quantitative estimate of drug-likeness (QED) is 0.763. The average Bonchev–Trinajstić information content (AvgIpc) is 2.53. The first-order valence-electron chi connectivity index (χ1n) is 6.63. The van der Waals surface area contributed by atoms with Gasteiger partial charge in [-0.2, -0.15) is 5.26 Å². The standard InChI is InChI=1S/C17H15NO3/c1-2-20-17-10-6-4-8-14(17)15(19)12-21-16-9-5-3-7-13(16)11-18/h3-10H,2,12H2,1H3. The number of hydrogen-bond acceptors (Lipinski definition) is 4. The van der Waals surface area contributed by atoms with Crippen LogP contribution in [-0.4, -0.2) is 19.0 Å². The minimum Gasteiger partial charge on any atom is -0.493 e. The Bertz CT molecular complexity index is 674. The SMILES string of the molecule is CCOc1ccccc1C(=O)COc1ccccc1C#N. The summed E-state index contributed by atoms with van der Waals surface area (Å²) in [6.07, 6.45) is 0. The first kappa shape index (κ1) is 14.6. The fourth-order valence-corrected chi connectivity index (χ4v) is 1.88. The molecular weight excluding hydrogens is 266 g/mol. The van der Waals surface area contributed by atoms with Gasteiger partial charge in [0.15, 0.2) is 6.61 Å². The monoisotopic (exact) mass is 281 g/mol. The van der Waals surface area contributed by atoms with Gasteiger partial charge in [0.05, 0.1) is 17.7 Å². The third-order valence-electron chi connectivity index (χ3n) is 2.85. The molecule has 0 radical (unpaired) electrons. The Morgan fingerprint density at radius 3 is 2.43 bits per heavy atom. The lowest BCUT2D eigenvalue weighted by molar-refractivity contribution is 0.0917. The van der Waals surface area contributed by atoms with Gasteiger partial charge < -0.3 is 9.47 Å². The molecule has 106 valence electrons. The van der Waals surface area contributed by atoms with Crippen molar-refractivity contribution >= 4 is 5.78 Å². The Kier molecular flexibility index (Phi) is 4.94. The minimum atomic E-state index is -0.188. The minimum absolute atomic E-state index is 0.136. The van der Waals surface area contributed by atoms with Gasteiger partial charge in [0, 0.05) is 0 Å². The number of para-hydroxylation sites is 2. The summed E-state index contributed by atoms with van der Waals surface area (Å²) in [5, 5.41) is 8.98. The third kappa shape index (κ3) is 3.61. The third-order valence-corrected chi connectivity index (χ3v) is 2.85. The number of ketones is 1. The molecule has 0 aliphatic rings. The molecule has 0 atom stereocenters. The maximum absolute atomic E-state index is 12.2. The van der Waals surface area contributed by atoms with Crippen LogP contribution in [0.3, 0.4) is 0 Å². The van der Waals surface area contributed by atoms with Crippen LogP contribution in [0.5, 0.6) is 11.5 Å². The number of carbonyl (C=O) groups excluding carboxylic acids is 1. The molecule has 0 bridgehead atoms. The molecule has 0 N–H and O–H groups in total. The van der Waals surface area contributed by atoms with E-state index in [-0.39, 0.29) is 12.4 Å². The first-order chi connectivity index (χ1) is 10.3. The molecule has 0 fully saturated rings. The molecule has 4 nitrogen and oxygen atoms in total. The largest absolute Gasteiger partial charge is 0.493 e. The van der Waals surface area contributed by atoms with E-state index in [1.54, 1.807) is 42.5 Å². The molecule has 2 aromatic carbocycles. The second-order valence-corrected chi connectivity index (χ2v) is 4.25. The van der Waals surface area contributed by atoms with Crippen LogP contribution in [0.4, 0.5) is 0 Å². The van der Waals surface area contributed by atoms with Crippen molar-refractivity contribution in [3.05, 3.63) is 59.7 Å². The van der Waals surface area contributed by atoms with Crippen LogP contribution in [0.15, 0.2) is 48.5 Å². The van der Waals surface area contributed by atoms with Crippen molar-refractivity contribution in [3.8, 4) is 17.6 Å². The van der Waals surface area contributed by atoms with Crippen LogP contribution < -0.4 is 9.47 Å². The molecule has 2 aromatic rings. The molecule has 0 saturated carbocycles. The van der Waals surface area contributed by atoms with Crippen molar-refractivity contribution in [1.29, 1.82) is 5.26 Å². The van der Waals surface area contributed by atoms with Gasteiger partial charge in [-0.3, -0.25) is 4.79 Å². The van der Waals surface area contributed by atoms with Gasteiger partial charge in [-0.15, -0.1) is 0 Å². The van der Waals surface area contributed by atoms with Crippen LogP contribution in [0.2, 0.25) is 0 Å². The summed E-state index contributed by atoms with van der Waals surface area (Å²) in [6.45, 7) is 2.21. The summed E-state index contributed by atoms with van der Waals surface area (Å²) in [6, 6.07) is 15.9. The van der Waals surface area contributed by atoms with Crippen molar-refractivity contribution < 1.29 is 14.3 Å². The van der Waals surface area contributed by atoms with Crippen molar-refractivity contribution in [2.24, 2.45) is 0 Å². The predicted octanol–water partition coefficient (Wildman–Crippen LogP) is 3.22. The van der Waals surface area contributed by atoms with E-state index in [1.807, 2.05) is 19.1 Å². The highest BCUT2D eigenvalue weighted by molar-refractivity contribution is 5.99. The summed E-state index contributed by atoms with van der Waals surface area (Å²) < 4.78 is 10.9. The van der Waals surface area contributed by atoms with Crippen LogP contribution in [0.1, 0.15) is 22.8 Å². The van der Waals surface area contributed by atoms with Crippen LogP contribution in [0, 0.1) is 11.3 Å². The Morgan fingerprint density at radius 2 is 1.71 bits per heavy atom. The molecule has 0 amide bonds. The van der Waals surface area contributed by atoms with Crippen LogP contribution in [-0.2, 0) is 0 Å². The van der Waals surface area contributed by atoms with Gasteiger partial charge in [0.2, 0.25) is 5.78 Å². The number of hydrogen-bond donors (Lipinski definition) is 0. The maximum Gasteiger partial charge on any atom is 0.203 e. The fourth-order valence-electron chi connectivity index (χ4n) is 1.88.